The largest absolute Gasteiger partial charge is 0.493 e. The highest BCUT2D eigenvalue weighted by atomic mass is 16.5. The molecule has 1 heterocycles. The molecule has 1 aliphatic heterocycles. The fraction of sp³-hybridized carbons (Fsp3) is 0.684. The maximum atomic E-state index is 5.82. The molecular formula is C19H31NO. The van der Waals surface area contributed by atoms with Crippen LogP contribution in [0.25, 0.3) is 0 Å². The molecule has 118 valence electrons. The standard InChI is InChI=1S/C19H31NO/c1-4-6-9-15(5-2)14-18(20-3)16-12-13-21-19-11-8-7-10-17(16)19/h7-8,10-11,15-16,18,20H,4-6,9,12-14H2,1-3H3. The number of fused-ring (bicyclic) bond motifs is 1. The lowest BCUT2D eigenvalue weighted by molar-refractivity contribution is 0.231. The molecule has 0 bridgehead atoms. The van der Waals surface area contributed by atoms with Crippen LogP contribution < -0.4 is 10.1 Å². The van der Waals surface area contributed by atoms with E-state index in [2.05, 4.69) is 50.5 Å². The van der Waals surface area contributed by atoms with Gasteiger partial charge in [-0.25, -0.2) is 0 Å². The normalized spacial score (nSPS) is 20.4. The van der Waals surface area contributed by atoms with Crippen LogP contribution in [0.3, 0.4) is 0 Å². The van der Waals surface area contributed by atoms with E-state index < -0.39 is 0 Å². The van der Waals surface area contributed by atoms with Gasteiger partial charge in [0, 0.05) is 12.0 Å². The summed E-state index contributed by atoms with van der Waals surface area (Å²) in [4.78, 5) is 0. The van der Waals surface area contributed by atoms with E-state index in [0.717, 1.165) is 24.7 Å². The second-order valence-electron chi connectivity index (χ2n) is 6.33. The molecule has 0 aliphatic carbocycles. The molecule has 0 aromatic heterocycles. The van der Waals surface area contributed by atoms with Crippen molar-refractivity contribution in [1.82, 2.24) is 5.32 Å². The molecule has 1 aromatic rings. The van der Waals surface area contributed by atoms with Gasteiger partial charge < -0.3 is 10.1 Å². The van der Waals surface area contributed by atoms with Crippen molar-refractivity contribution in [3.05, 3.63) is 29.8 Å². The van der Waals surface area contributed by atoms with Gasteiger partial charge in [-0.05, 0) is 37.4 Å². The van der Waals surface area contributed by atoms with Gasteiger partial charge in [-0.2, -0.15) is 0 Å². The van der Waals surface area contributed by atoms with Crippen LogP contribution in [0.2, 0.25) is 0 Å². The topological polar surface area (TPSA) is 21.3 Å². The SMILES string of the molecule is CCCCC(CC)CC(NC)C1CCOc2ccccc21. The maximum Gasteiger partial charge on any atom is 0.122 e. The van der Waals surface area contributed by atoms with Crippen molar-refractivity contribution in [2.75, 3.05) is 13.7 Å². The van der Waals surface area contributed by atoms with Crippen LogP contribution in [-0.4, -0.2) is 19.7 Å². The van der Waals surface area contributed by atoms with Gasteiger partial charge in [0.05, 0.1) is 6.61 Å². The molecule has 1 aromatic carbocycles. The smallest absolute Gasteiger partial charge is 0.122 e. The Bertz CT molecular complexity index is 418. The third-order valence-electron chi connectivity index (χ3n) is 4.99. The molecule has 0 saturated heterocycles. The third-order valence-corrected chi connectivity index (χ3v) is 4.99. The second-order valence-corrected chi connectivity index (χ2v) is 6.33. The Morgan fingerprint density at radius 2 is 2.10 bits per heavy atom. The number of unbranched alkanes of at least 4 members (excludes halogenated alkanes) is 1. The van der Waals surface area contributed by atoms with Crippen molar-refractivity contribution in [3.8, 4) is 5.75 Å². The highest BCUT2D eigenvalue weighted by Gasteiger charge is 2.29. The van der Waals surface area contributed by atoms with E-state index in [-0.39, 0.29) is 0 Å². The number of hydrogen-bond acceptors (Lipinski definition) is 2. The summed E-state index contributed by atoms with van der Waals surface area (Å²) in [5, 5.41) is 3.60. The summed E-state index contributed by atoms with van der Waals surface area (Å²) in [6.07, 6.45) is 7.75. The minimum atomic E-state index is 0.567. The van der Waals surface area contributed by atoms with Gasteiger partial charge in [-0.15, -0.1) is 0 Å². The first-order valence-electron chi connectivity index (χ1n) is 8.69. The first-order valence-corrected chi connectivity index (χ1v) is 8.69. The number of ether oxygens (including phenoxy) is 1. The van der Waals surface area contributed by atoms with Crippen LogP contribution >= 0.6 is 0 Å². The van der Waals surface area contributed by atoms with Crippen molar-refractivity contribution < 1.29 is 4.74 Å². The monoisotopic (exact) mass is 289 g/mol. The number of rotatable bonds is 8. The molecular weight excluding hydrogens is 258 g/mol. The van der Waals surface area contributed by atoms with Crippen LogP contribution in [0.15, 0.2) is 24.3 Å². The minimum absolute atomic E-state index is 0.567. The number of benzene rings is 1. The molecule has 1 N–H and O–H groups in total. The van der Waals surface area contributed by atoms with Gasteiger partial charge in [-0.1, -0.05) is 57.7 Å². The van der Waals surface area contributed by atoms with E-state index >= 15 is 0 Å². The van der Waals surface area contributed by atoms with Crippen LogP contribution in [0.4, 0.5) is 0 Å². The summed E-state index contributed by atoms with van der Waals surface area (Å²) in [6.45, 7) is 5.48. The predicted octanol–water partition coefficient (Wildman–Crippen LogP) is 4.75. The minimum Gasteiger partial charge on any atom is -0.493 e. The van der Waals surface area contributed by atoms with E-state index in [0.29, 0.717) is 12.0 Å². The van der Waals surface area contributed by atoms with Crippen molar-refractivity contribution in [2.45, 2.75) is 64.3 Å². The molecule has 1 aliphatic rings. The van der Waals surface area contributed by atoms with E-state index in [4.69, 9.17) is 4.74 Å². The van der Waals surface area contributed by atoms with Gasteiger partial charge in [-0.3, -0.25) is 0 Å². The van der Waals surface area contributed by atoms with E-state index in [9.17, 15) is 0 Å². The molecule has 0 fully saturated rings. The Morgan fingerprint density at radius 3 is 2.81 bits per heavy atom. The fourth-order valence-electron chi connectivity index (χ4n) is 3.61. The zero-order valence-electron chi connectivity index (χ0n) is 13.9. The van der Waals surface area contributed by atoms with Gasteiger partial charge >= 0.3 is 0 Å². The molecule has 2 heteroatoms. The number of nitrogens with one attached hydrogen (secondary N) is 1. The first-order chi connectivity index (χ1) is 10.3. The Hall–Kier alpha value is -1.02. The number of likely N-dealkylation sites (N-methyl/N-ethyl adjacent to an activating group) is 1. The van der Waals surface area contributed by atoms with Gasteiger partial charge in [0.15, 0.2) is 0 Å². The van der Waals surface area contributed by atoms with Crippen molar-refractivity contribution in [3.63, 3.8) is 0 Å². The lowest BCUT2D eigenvalue weighted by Crippen LogP contribution is -2.36. The summed E-state index contributed by atoms with van der Waals surface area (Å²) in [5.41, 5.74) is 1.40. The van der Waals surface area contributed by atoms with Crippen LogP contribution in [0, 0.1) is 5.92 Å². The molecule has 3 atom stereocenters. The Kier molecular flexibility index (Phi) is 6.56. The van der Waals surface area contributed by atoms with Gasteiger partial charge in [0.25, 0.3) is 0 Å². The molecule has 2 nitrogen and oxygen atoms in total. The molecule has 3 unspecified atom stereocenters. The second kappa shape index (κ2) is 8.43. The average Bonchev–Trinajstić information content (AvgIpc) is 2.55. The van der Waals surface area contributed by atoms with E-state index in [1.165, 1.54) is 37.7 Å². The van der Waals surface area contributed by atoms with E-state index in [1.807, 2.05) is 0 Å². The van der Waals surface area contributed by atoms with Crippen LogP contribution in [0.1, 0.15) is 63.9 Å². The highest BCUT2D eigenvalue weighted by Crippen LogP contribution is 2.37. The van der Waals surface area contributed by atoms with E-state index in [1.54, 1.807) is 0 Å². The summed E-state index contributed by atoms with van der Waals surface area (Å²) >= 11 is 0. The summed E-state index contributed by atoms with van der Waals surface area (Å²) in [7, 11) is 2.12. The third kappa shape index (κ3) is 4.23. The Morgan fingerprint density at radius 1 is 1.29 bits per heavy atom. The number of hydrogen-bond donors (Lipinski definition) is 1. The van der Waals surface area contributed by atoms with Crippen molar-refractivity contribution in [1.29, 1.82) is 0 Å². The van der Waals surface area contributed by atoms with Crippen molar-refractivity contribution in [2.24, 2.45) is 5.92 Å². The fourth-order valence-corrected chi connectivity index (χ4v) is 3.61. The average molecular weight is 289 g/mol. The summed E-state index contributed by atoms with van der Waals surface area (Å²) in [5.74, 6) is 2.53. The number of para-hydroxylation sites is 1. The Balaban J connectivity index is 2.07. The lowest BCUT2D eigenvalue weighted by atomic mass is 9.80. The van der Waals surface area contributed by atoms with Crippen molar-refractivity contribution >= 4 is 0 Å². The lowest BCUT2D eigenvalue weighted by Gasteiger charge is -2.34. The zero-order valence-corrected chi connectivity index (χ0v) is 13.9. The molecule has 0 spiro atoms. The predicted molar refractivity (Wildman–Crippen MR) is 90.1 cm³/mol. The van der Waals surface area contributed by atoms with Gasteiger partial charge in [0.1, 0.15) is 5.75 Å². The van der Waals surface area contributed by atoms with Crippen LogP contribution in [0.5, 0.6) is 5.75 Å². The zero-order chi connectivity index (χ0) is 15.1. The molecule has 0 amide bonds. The quantitative estimate of drug-likeness (QED) is 0.746. The Labute approximate surface area is 130 Å². The molecule has 2 rings (SSSR count). The highest BCUT2D eigenvalue weighted by molar-refractivity contribution is 5.38. The first kappa shape index (κ1) is 16.4. The molecule has 0 saturated carbocycles. The van der Waals surface area contributed by atoms with Crippen LogP contribution in [-0.2, 0) is 0 Å². The summed E-state index contributed by atoms with van der Waals surface area (Å²) < 4.78 is 5.82. The van der Waals surface area contributed by atoms with Gasteiger partial charge in [0.2, 0.25) is 0 Å². The summed E-state index contributed by atoms with van der Waals surface area (Å²) in [6, 6.07) is 9.14. The molecule has 21 heavy (non-hydrogen) atoms. The maximum absolute atomic E-state index is 5.82. The molecule has 0 radical (unpaired) electrons.